The highest BCUT2D eigenvalue weighted by Crippen LogP contribution is 2.24. The van der Waals surface area contributed by atoms with Crippen molar-refractivity contribution >= 4 is 22.9 Å². The van der Waals surface area contributed by atoms with Crippen molar-refractivity contribution in [2.45, 2.75) is 38.4 Å². The summed E-state index contributed by atoms with van der Waals surface area (Å²) in [5, 5.41) is 30.6. The lowest BCUT2D eigenvalue weighted by Gasteiger charge is -2.15. The van der Waals surface area contributed by atoms with Gasteiger partial charge in [-0.1, -0.05) is 11.6 Å². The molecule has 3 aromatic heterocycles. The molecular formula is C19H17ClF3N7O3S. The first-order chi connectivity index (χ1) is 16.0. The number of hydrogen-bond acceptors (Lipinski definition) is 8. The normalized spacial score (nSPS) is 13.9. The van der Waals surface area contributed by atoms with Crippen LogP contribution in [0.1, 0.15) is 24.7 Å². The van der Waals surface area contributed by atoms with Gasteiger partial charge in [0.2, 0.25) is 5.13 Å². The highest BCUT2D eigenvalue weighted by molar-refractivity contribution is 7.12. The molecule has 180 valence electrons. The molecule has 0 radical (unpaired) electrons. The first-order valence-electron chi connectivity index (χ1n) is 9.76. The molecule has 0 saturated carbocycles. The Bertz CT molecular complexity index is 1330. The molecule has 0 spiro atoms. The third-order valence-corrected chi connectivity index (χ3v) is 5.70. The number of nitrogens with zero attached hydrogens (tertiary/aromatic N) is 7. The molecule has 1 aromatic carbocycles. The van der Waals surface area contributed by atoms with Crippen molar-refractivity contribution in [1.82, 2.24) is 34.1 Å². The molecule has 0 bridgehead atoms. The zero-order chi connectivity index (χ0) is 24.6. The van der Waals surface area contributed by atoms with Crippen LogP contribution in [0.4, 0.5) is 13.2 Å². The van der Waals surface area contributed by atoms with E-state index in [-0.39, 0.29) is 24.0 Å². The van der Waals surface area contributed by atoms with E-state index in [2.05, 4.69) is 20.2 Å². The Labute approximate surface area is 198 Å². The molecule has 0 fully saturated rings. The van der Waals surface area contributed by atoms with Gasteiger partial charge >= 0.3 is 11.9 Å². The quantitative estimate of drug-likeness (QED) is 0.387. The third kappa shape index (κ3) is 4.89. The molecule has 10 nitrogen and oxygen atoms in total. The van der Waals surface area contributed by atoms with Gasteiger partial charge in [-0.15, -0.1) is 21.5 Å². The topological polar surface area (TPSA) is 124 Å². The van der Waals surface area contributed by atoms with Crippen LogP contribution in [-0.2, 0) is 13.1 Å². The predicted octanol–water partition coefficient (Wildman–Crippen LogP) is 2.43. The van der Waals surface area contributed by atoms with Crippen LogP contribution < -0.4 is 5.69 Å². The van der Waals surface area contributed by atoms with Gasteiger partial charge in [0.15, 0.2) is 23.6 Å². The smallest absolute Gasteiger partial charge is 0.385 e. The fraction of sp³-hybridized carbons (Fsp3) is 0.316. The van der Waals surface area contributed by atoms with Gasteiger partial charge in [-0.3, -0.25) is 4.57 Å². The summed E-state index contributed by atoms with van der Waals surface area (Å²) >= 11 is 7.13. The van der Waals surface area contributed by atoms with Crippen LogP contribution in [0.25, 0.3) is 16.5 Å². The number of alkyl halides is 3. The summed E-state index contributed by atoms with van der Waals surface area (Å²) < 4.78 is 41.9. The standard InChI is InChI=1S/C19H17ClF3N7O3S/c1-10(31)15-25-14(26-30(15)17-24-6-7-34-17)9-29-18(33)28(8-13(32)19(21,22)23)16(27-29)11-2-4-12(20)5-3-11/h2-7,10,13,31-32H,8-9H2,1H3. The molecular weight excluding hydrogens is 499 g/mol. The lowest BCUT2D eigenvalue weighted by Crippen LogP contribution is -2.37. The molecule has 0 aliphatic carbocycles. The van der Waals surface area contributed by atoms with Gasteiger partial charge in [0.1, 0.15) is 12.6 Å². The monoisotopic (exact) mass is 515 g/mol. The van der Waals surface area contributed by atoms with Crippen molar-refractivity contribution in [3.63, 3.8) is 0 Å². The van der Waals surface area contributed by atoms with Gasteiger partial charge < -0.3 is 10.2 Å². The zero-order valence-corrected chi connectivity index (χ0v) is 19.0. The molecule has 0 aliphatic heterocycles. The lowest BCUT2D eigenvalue weighted by atomic mass is 10.2. The summed E-state index contributed by atoms with van der Waals surface area (Å²) in [7, 11) is 0. The Balaban J connectivity index is 1.76. The number of benzene rings is 1. The number of aliphatic hydroxyl groups is 2. The van der Waals surface area contributed by atoms with Gasteiger partial charge in [0.25, 0.3) is 0 Å². The minimum atomic E-state index is -4.93. The number of hydrogen-bond donors (Lipinski definition) is 2. The van der Waals surface area contributed by atoms with E-state index in [0.29, 0.717) is 15.7 Å². The van der Waals surface area contributed by atoms with E-state index in [4.69, 9.17) is 11.6 Å². The summed E-state index contributed by atoms with van der Waals surface area (Å²) in [6, 6.07) is 5.98. The van der Waals surface area contributed by atoms with E-state index in [1.165, 1.54) is 47.2 Å². The van der Waals surface area contributed by atoms with E-state index in [0.717, 1.165) is 9.25 Å². The second-order valence-electron chi connectivity index (χ2n) is 7.23. The van der Waals surface area contributed by atoms with Crippen LogP contribution in [0, 0.1) is 0 Å². The van der Waals surface area contributed by atoms with Crippen LogP contribution in [0.15, 0.2) is 40.6 Å². The molecule has 2 atom stereocenters. The molecule has 34 heavy (non-hydrogen) atoms. The van der Waals surface area contributed by atoms with E-state index in [1.807, 2.05) is 0 Å². The number of thiazole rings is 1. The van der Waals surface area contributed by atoms with Crippen molar-refractivity contribution in [1.29, 1.82) is 0 Å². The third-order valence-electron chi connectivity index (χ3n) is 4.70. The molecule has 3 heterocycles. The maximum absolute atomic E-state index is 13.0. The van der Waals surface area contributed by atoms with Crippen molar-refractivity contribution in [3.8, 4) is 16.5 Å². The van der Waals surface area contributed by atoms with Gasteiger partial charge in [-0.2, -0.15) is 17.9 Å². The molecule has 2 unspecified atom stereocenters. The number of rotatable bonds is 7. The number of aromatic nitrogens is 7. The van der Waals surface area contributed by atoms with Gasteiger partial charge in [-0.25, -0.2) is 19.4 Å². The Morgan fingerprint density at radius 1 is 1.18 bits per heavy atom. The summed E-state index contributed by atoms with van der Waals surface area (Å²) in [6.45, 7) is 0.128. The molecule has 4 rings (SSSR count). The fourth-order valence-corrected chi connectivity index (χ4v) is 3.82. The average molecular weight is 516 g/mol. The maximum atomic E-state index is 13.0. The van der Waals surface area contributed by atoms with Gasteiger partial charge in [0, 0.05) is 22.2 Å². The first kappa shape index (κ1) is 24.1. The largest absolute Gasteiger partial charge is 0.416 e. The van der Waals surface area contributed by atoms with Crippen LogP contribution >= 0.6 is 22.9 Å². The van der Waals surface area contributed by atoms with Crippen molar-refractivity contribution < 1.29 is 23.4 Å². The van der Waals surface area contributed by atoms with E-state index < -0.39 is 30.6 Å². The molecule has 2 N–H and O–H groups in total. The maximum Gasteiger partial charge on any atom is 0.416 e. The van der Waals surface area contributed by atoms with Crippen molar-refractivity contribution in [2.24, 2.45) is 0 Å². The molecule has 15 heteroatoms. The Kier molecular flexibility index (Phi) is 6.58. The summed E-state index contributed by atoms with van der Waals surface area (Å²) in [6.07, 6.45) is -7.17. The fourth-order valence-electron chi connectivity index (χ4n) is 3.10. The summed E-state index contributed by atoms with van der Waals surface area (Å²) in [5.41, 5.74) is -0.585. The lowest BCUT2D eigenvalue weighted by molar-refractivity contribution is -0.207. The minimum Gasteiger partial charge on any atom is -0.385 e. The van der Waals surface area contributed by atoms with Gasteiger partial charge in [0.05, 0.1) is 6.54 Å². The highest BCUT2D eigenvalue weighted by Gasteiger charge is 2.39. The SMILES string of the molecule is CC(O)c1nc(Cn2nc(-c3ccc(Cl)cc3)n(CC(O)C(F)(F)F)c2=O)nn1-c1nccs1. The summed E-state index contributed by atoms with van der Waals surface area (Å²) in [4.78, 5) is 21.3. The molecule has 4 aromatic rings. The van der Waals surface area contributed by atoms with Gasteiger partial charge in [-0.05, 0) is 31.2 Å². The molecule has 0 amide bonds. The van der Waals surface area contributed by atoms with Crippen LogP contribution in [0.2, 0.25) is 5.02 Å². The van der Waals surface area contributed by atoms with E-state index in [9.17, 15) is 28.2 Å². The van der Waals surface area contributed by atoms with Crippen LogP contribution in [0.5, 0.6) is 0 Å². The van der Waals surface area contributed by atoms with E-state index >= 15 is 0 Å². The molecule has 0 saturated heterocycles. The van der Waals surface area contributed by atoms with Crippen LogP contribution in [-0.4, -0.2) is 56.6 Å². The minimum absolute atomic E-state index is 0.0804. The first-order valence-corrected chi connectivity index (χ1v) is 11.0. The summed E-state index contributed by atoms with van der Waals surface area (Å²) in [5.74, 6) is 0.153. The Morgan fingerprint density at radius 2 is 1.88 bits per heavy atom. The Hall–Kier alpha value is -3.07. The predicted molar refractivity (Wildman–Crippen MR) is 116 cm³/mol. The van der Waals surface area contributed by atoms with Crippen molar-refractivity contribution in [3.05, 3.63) is 63.0 Å². The highest BCUT2D eigenvalue weighted by atomic mass is 35.5. The second-order valence-corrected chi connectivity index (χ2v) is 8.54. The average Bonchev–Trinajstić information content (AvgIpc) is 3.49. The van der Waals surface area contributed by atoms with Crippen LogP contribution in [0.3, 0.4) is 0 Å². The Morgan fingerprint density at radius 3 is 2.47 bits per heavy atom. The number of halogens is 4. The number of aliphatic hydroxyl groups excluding tert-OH is 2. The van der Waals surface area contributed by atoms with E-state index in [1.54, 1.807) is 11.6 Å². The second kappa shape index (κ2) is 9.29. The molecule has 0 aliphatic rings. The van der Waals surface area contributed by atoms with Crippen molar-refractivity contribution in [2.75, 3.05) is 0 Å². The zero-order valence-electron chi connectivity index (χ0n) is 17.4.